The quantitative estimate of drug-likeness (QED) is 0.674. The maximum absolute atomic E-state index is 13.2. The summed E-state index contributed by atoms with van der Waals surface area (Å²) in [5, 5.41) is 0. The van der Waals surface area contributed by atoms with Crippen molar-refractivity contribution < 1.29 is 13.2 Å². The Hall–Kier alpha value is -2.92. The Morgan fingerprint density at radius 1 is 0.857 bits per heavy atom. The summed E-state index contributed by atoms with van der Waals surface area (Å²) < 4.78 is 26.1. The van der Waals surface area contributed by atoms with Crippen LogP contribution in [0.3, 0.4) is 0 Å². The highest BCUT2D eigenvalue weighted by Crippen LogP contribution is 2.47. The van der Waals surface area contributed by atoms with Crippen LogP contribution in [0.25, 0.3) is 11.1 Å². The molecular weight excluding hydrogens is 370 g/mol. The first kappa shape index (κ1) is 18.4. The van der Waals surface area contributed by atoms with Gasteiger partial charge < -0.3 is 4.90 Å². The number of amides is 1. The van der Waals surface area contributed by atoms with Gasteiger partial charge in [-0.1, -0.05) is 66.7 Å². The molecule has 1 atom stereocenters. The average molecular weight is 391 g/mol. The van der Waals surface area contributed by atoms with E-state index in [2.05, 4.69) is 0 Å². The zero-order chi connectivity index (χ0) is 19.9. The molecule has 0 N–H and O–H groups in total. The van der Waals surface area contributed by atoms with Gasteiger partial charge in [0, 0.05) is 12.6 Å². The number of anilines is 1. The van der Waals surface area contributed by atoms with Crippen LogP contribution in [0.15, 0.2) is 83.8 Å². The van der Waals surface area contributed by atoms with E-state index in [4.69, 9.17) is 0 Å². The van der Waals surface area contributed by atoms with E-state index in [-0.39, 0.29) is 16.6 Å². The summed E-state index contributed by atoms with van der Waals surface area (Å²) in [5.41, 5.74) is 2.32. The minimum atomic E-state index is -3.63. The van der Waals surface area contributed by atoms with E-state index in [9.17, 15) is 13.2 Å². The lowest BCUT2D eigenvalue weighted by molar-refractivity contribution is -0.121. The van der Waals surface area contributed by atoms with Gasteiger partial charge in [0.2, 0.25) is 5.91 Å². The first-order chi connectivity index (χ1) is 13.3. The third-order valence-electron chi connectivity index (χ3n) is 5.41. The van der Waals surface area contributed by atoms with Gasteiger partial charge in [-0.3, -0.25) is 4.79 Å². The Morgan fingerprint density at radius 2 is 1.46 bits per heavy atom. The molecule has 4 nitrogen and oxygen atoms in total. The predicted molar refractivity (Wildman–Crippen MR) is 111 cm³/mol. The van der Waals surface area contributed by atoms with Gasteiger partial charge in [0.25, 0.3) is 0 Å². The lowest BCUT2D eigenvalue weighted by atomic mass is 9.84. The molecule has 0 saturated carbocycles. The molecule has 5 heteroatoms. The molecule has 28 heavy (non-hydrogen) atoms. The second-order valence-corrected chi connectivity index (χ2v) is 9.33. The monoisotopic (exact) mass is 391 g/mol. The number of sulfone groups is 1. The zero-order valence-electron chi connectivity index (χ0n) is 15.8. The van der Waals surface area contributed by atoms with E-state index in [1.54, 1.807) is 49.2 Å². The molecule has 1 amide bonds. The van der Waals surface area contributed by atoms with Gasteiger partial charge in [0.15, 0.2) is 9.84 Å². The van der Waals surface area contributed by atoms with E-state index < -0.39 is 15.3 Å². The molecule has 1 unspecified atom stereocenters. The molecule has 1 aliphatic heterocycles. The van der Waals surface area contributed by atoms with Crippen LogP contribution in [-0.4, -0.2) is 27.1 Å². The molecule has 4 rings (SSSR count). The molecule has 3 aromatic carbocycles. The Bertz CT molecular complexity index is 1140. The summed E-state index contributed by atoms with van der Waals surface area (Å²) in [5.74, 6) is -0.469. The van der Waals surface area contributed by atoms with Gasteiger partial charge in [-0.05, 0) is 30.2 Å². The Kier molecular flexibility index (Phi) is 4.35. The van der Waals surface area contributed by atoms with E-state index in [1.807, 2.05) is 48.5 Å². The van der Waals surface area contributed by atoms with Crippen LogP contribution in [0.1, 0.15) is 12.5 Å². The van der Waals surface area contributed by atoms with Crippen molar-refractivity contribution in [3.8, 4) is 11.1 Å². The van der Waals surface area contributed by atoms with Crippen molar-refractivity contribution in [2.24, 2.45) is 0 Å². The fraction of sp³-hybridized carbons (Fsp3) is 0.174. The number of fused-ring (bicyclic) bond motifs is 1. The number of hydrogen-bond acceptors (Lipinski definition) is 3. The molecule has 0 radical (unpaired) electrons. The standard InChI is InChI=1S/C23H21NO3S/c1-23(16-28(26,27)18-12-7-4-8-13-18)20-15-9-14-19(17-10-5-3-6-11-17)21(20)24(2)22(23)25/h3-15H,16H2,1-2H3. The van der Waals surface area contributed by atoms with Crippen LogP contribution in [0.4, 0.5) is 5.69 Å². The molecule has 1 aliphatic rings. The van der Waals surface area contributed by atoms with Crippen molar-refractivity contribution in [2.45, 2.75) is 17.2 Å². The molecule has 0 aliphatic carbocycles. The zero-order valence-corrected chi connectivity index (χ0v) is 16.6. The molecule has 3 aromatic rings. The highest BCUT2D eigenvalue weighted by Gasteiger charge is 2.49. The number of benzene rings is 3. The normalized spacial score (nSPS) is 18.9. The smallest absolute Gasteiger partial charge is 0.238 e. The van der Waals surface area contributed by atoms with E-state index >= 15 is 0 Å². The summed E-state index contributed by atoms with van der Waals surface area (Å²) in [6, 6.07) is 23.9. The van der Waals surface area contributed by atoms with Gasteiger partial charge in [0.05, 0.1) is 21.8 Å². The van der Waals surface area contributed by atoms with Crippen LogP contribution in [0.5, 0.6) is 0 Å². The summed E-state index contributed by atoms with van der Waals surface area (Å²) in [6.45, 7) is 1.73. The Balaban J connectivity index is 1.85. The average Bonchev–Trinajstić information content (AvgIpc) is 2.90. The third-order valence-corrected chi connectivity index (χ3v) is 7.36. The van der Waals surface area contributed by atoms with Crippen LogP contribution in [-0.2, 0) is 20.0 Å². The highest BCUT2D eigenvalue weighted by molar-refractivity contribution is 7.91. The molecule has 1 heterocycles. The van der Waals surface area contributed by atoms with Gasteiger partial charge in [0.1, 0.15) is 0 Å². The van der Waals surface area contributed by atoms with Crippen molar-refractivity contribution in [2.75, 3.05) is 17.7 Å². The van der Waals surface area contributed by atoms with E-state index in [0.717, 1.165) is 22.4 Å². The molecule has 142 valence electrons. The van der Waals surface area contributed by atoms with Crippen LogP contribution in [0, 0.1) is 0 Å². The van der Waals surface area contributed by atoms with Crippen LogP contribution < -0.4 is 4.90 Å². The van der Waals surface area contributed by atoms with Crippen molar-refractivity contribution in [1.29, 1.82) is 0 Å². The molecule has 0 saturated heterocycles. The number of rotatable bonds is 4. The molecule has 0 spiro atoms. The minimum Gasteiger partial charge on any atom is -0.314 e. The maximum Gasteiger partial charge on any atom is 0.238 e. The van der Waals surface area contributed by atoms with Crippen molar-refractivity contribution in [3.05, 3.63) is 84.4 Å². The SMILES string of the molecule is CN1C(=O)C(C)(CS(=O)(=O)c2ccccc2)c2cccc(-c3ccccc3)c21. The van der Waals surface area contributed by atoms with Gasteiger partial charge >= 0.3 is 0 Å². The number of nitrogens with zero attached hydrogens (tertiary/aromatic N) is 1. The Morgan fingerprint density at radius 3 is 2.11 bits per heavy atom. The van der Waals surface area contributed by atoms with Gasteiger partial charge in [-0.25, -0.2) is 8.42 Å². The first-order valence-corrected chi connectivity index (χ1v) is 10.7. The number of para-hydroxylation sites is 1. The number of carbonyl (C=O) groups excluding carboxylic acids is 1. The highest BCUT2D eigenvalue weighted by atomic mass is 32.2. The fourth-order valence-corrected chi connectivity index (χ4v) is 5.80. The molecular formula is C23H21NO3S. The topological polar surface area (TPSA) is 54.5 Å². The van der Waals surface area contributed by atoms with Crippen LogP contribution in [0.2, 0.25) is 0 Å². The number of likely N-dealkylation sites (N-methyl/N-ethyl adjacent to an activating group) is 1. The van der Waals surface area contributed by atoms with E-state index in [1.165, 1.54) is 0 Å². The molecule has 0 aromatic heterocycles. The lowest BCUT2D eigenvalue weighted by Gasteiger charge is -2.23. The third kappa shape index (κ3) is 2.83. The maximum atomic E-state index is 13.2. The lowest BCUT2D eigenvalue weighted by Crippen LogP contribution is -2.41. The molecule has 0 fully saturated rings. The number of carbonyl (C=O) groups is 1. The van der Waals surface area contributed by atoms with E-state index in [0.29, 0.717) is 0 Å². The van der Waals surface area contributed by atoms with Gasteiger partial charge in [-0.2, -0.15) is 0 Å². The fourth-order valence-electron chi connectivity index (χ4n) is 4.02. The number of hydrogen-bond donors (Lipinski definition) is 0. The summed E-state index contributed by atoms with van der Waals surface area (Å²) in [7, 11) is -1.91. The first-order valence-electron chi connectivity index (χ1n) is 9.09. The summed E-state index contributed by atoms with van der Waals surface area (Å²) in [4.78, 5) is 15.1. The largest absolute Gasteiger partial charge is 0.314 e. The summed E-state index contributed by atoms with van der Waals surface area (Å²) in [6.07, 6.45) is 0. The minimum absolute atomic E-state index is 0.203. The second-order valence-electron chi connectivity index (χ2n) is 7.34. The van der Waals surface area contributed by atoms with Crippen LogP contribution >= 0.6 is 0 Å². The van der Waals surface area contributed by atoms with Gasteiger partial charge in [-0.15, -0.1) is 0 Å². The predicted octanol–water partition coefficient (Wildman–Crippen LogP) is 4.06. The van der Waals surface area contributed by atoms with Crippen molar-refractivity contribution in [1.82, 2.24) is 0 Å². The van der Waals surface area contributed by atoms with Crippen molar-refractivity contribution >= 4 is 21.4 Å². The summed E-state index contributed by atoms with van der Waals surface area (Å²) >= 11 is 0. The Labute approximate surface area is 165 Å². The van der Waals surface area contributed by atoms with Crippen molar-refractivity contribution in [3.63, 3.8) is 0 Å². The second kappa shape index (κ2) is 6.60. The molecule has 0 bridgehead atoms.